The highest BCUT2D eigenvalue weighted by molar-refractivity contribution is 7.07. The summed E-state index contributed by atoms with van der Waals surface area (Å²) in [5, 5.41) is 8.06. The molecule has 0 unspecified atom stereocenters. The molecule has 2 aromatic rings. The number of fused-ring (bicyclic) bond motifs is 1. The van der Waals surface area contributed by atoms with Crippen LogP contribution < -0.4 is 5.32 Å². The van der Waals surface area contributed by atoms with Crippen molar-refractivity contribution in [1.29, 1.82) is 0 Å². The summed E-state index contributed by atoms with van der Waals surface area (Å²) in [7, 11) is 0. The highest BCUT2D eigenvalue weighted by Crippen LogP contribution is 2.29. The first-order valence-corrected chi connectivity index (χ1v) is 7.20. The van der Waals surface area contributed by atoms with Gasteiger partial charge in [0, 0.05) is 12.6 Å². The summed E-state index contributed by atoms with van der Waals surface area (Å²) in [6, 6.07) is 11.6. The standard InChI is InChI=1S/C15H17NS/c1-2-6-14-13(4-1)5-3-7-15(14)16-10-12-8-9-17-11-12/h1-2,4,6,8-9,11,15-16H,3,5,7,10H2/t15-/m1/s1. The lowest BCUT2D eigenvalue weighted by atomic mass is 9.88. The summed E-state index contributed by atoms with van der Waals surface area (Å²) >= 11 is 1.77. The predicted molar refractivity (Wildman–Crippen MR) is 73.3 cm³/mol. The van der Waals surface area contributed by atoms with Gasteiger partial charge in [0.2, 0.25) is 0 Å². The molecule has 0 aliphatic heterocycles. The molecule has 0 saturated heterocycles. The summed E-state index contributed by atoms with van der Waals surface area (Å²) in [6.07, 6.45) is 3.81. The number of aryl methyl sites for hydroxylation is 1. The molecular weight excluding hydrogens is 226 g/mol. The molecule has 1 aromatic carbocycles. The normalized spacial score (nSPS) is 18.9. The maximum absolute atomic E-state index is 3.69. The first kappa shape index (κ1) is 11.0. The van der Waals surface area contributed by atoms with Crippen molar-refractivity contribution in [1.82, 2.24) is 5.32 Å². The Morgan fingerprint density at radius 3 is 3.06 bits per heavy atom. The van der Waals surface area contributed by atoms with Gasteiger partial charge in [-0.15, -0.1) is 0 Å². The van der Waals surface area contributed by atoms with Crippen LogP contribution in [0.15, 0.2) is 41.1 Å². The van der Waals surface area contributed by atoms with Crippen molar-refractivity contribution in [2.45, 2.75) is 31.8 Å². The highest BCUT2D eigenvalue weighted by Gasteiger charge is 2.18. The summed E-state index contributed by atoms with van der Waals surface area (Å²) in [5.41, 5.74) is 4.44. The number of rotatable bonds is 3. The summed E-state index contributed by atoms with van der Waals surface area (Å²) in [6.45, 7) is 0.989. The van der Waals surface area contributed by atoms with Gasteiger partial charge in [0.05, 0.1) is 0 Å². The third-order valence-electron chi connectivity index (χ3n) is 3.50. The lowest BCUT2D eigenvalue weighted by molar-refractivity contribution is 0.459. The molecule has 3 rings (SSSR count). The van der Waals surface area contributed by atoms with Crippen LogP contribution in [0.25, 0.3) is 0 Å². The van der Waals surface area contributed by atoms with Gasteiger partial charge in [-0.2, -0.15) is 11.3 Å². The molecule has 0 amide bonds. The van der Waals surface area contributed by atoms with E-state index in [1.807, 2.05) is 0 Å². The van der Waals surface area contributed by atoms with E-state index in [0.717, 1.165) is 6.54 Å². The van der Waals surface area contributed by atoms with Gasteiger partial charge in [0.1, 0.15) is 0 Å². The topological polar surface area (TPSA) is 12.0 Å². The van der Waals surface area contributed by atoms with Gasteiger partial charge in [-0.3, -0.25) is 0 Å². The molecule has 1 N–H and O–H groups in total. The maximum atomic E-state index is 3.69. The zero-order chi connectivity index (χ0) is 11.5. The molecule has 1 aliphatic carbocycles. The van der Waals surface area contributed by atoms with Crippen LogP contribution in [0.4, 0.5) is 0 Å². The van der Waals surface area contributed by atoms with Crippen LogP contribution in [0.2, 0.25) is 0 Å². The fourth-order valence-corrected chi connectivity index (χ4v) is 3.27. The Bertz CT molecular complexity index is 475. The monoisotopic (exact) mass is 243 g/mol. The van der Waals surface area contributed by atoms with Gasteiger partial charge in [0.25, 0.3) is 0 Å². The van der Waals surface area contributed by atoms with Gasteiger partial charge in [-0.05, 0) is 52.8 Å². The predicted octanol–water partition coefficient (Wildman–Crippen LogP) is 3.92. The lowest BCUT2D eigenvalue weighted by Gasteiger charge is -2.26. The number of nitrogens with one attached hydrogen (secondary N) is 1. The van der Waals surface area contributed by atoms with Crippen molar-refractivity contribution in [2.75, 3.05) is 0 Å². The minimum absolute atomic E-state index is 0.542. The second-order valence-corrected chi connectivity index (χ2v) is 5.44. The Hall–Kier alpha value is -1.12. The van der Waals surface area contributed by atoms with E-state index in [-0.39, 0.29) is 0 Å². The second kappa shape index (κ2) is 5.03. The SMILES string of the molecule is c1ccc2c(c1)CCC[C@H]2NCc1ccsc1. The van der Waals surface area contributed by atoms with Crippen LogP contribution in [0, 0.1) is 0 Å². The average Bonchev–Trinajstić information content (AvgIpc) is 2.89. The van der Waals surface area contributed by atoms with Crippen molar-refractivity contribution < 1.29 is 0 Å². The summed E-state index contributed by atoms with van der Waals surface area (Å²) < 4.78 is 0. The van der Waals surface area contributed by atoms with E-state index >= 15 is 0 Å². The van der Waals surface area contributed by atoms with Crippen LogP contribution in [0.3, 0.4) is 0 Å². The maximum Gasteiger partial charge on any atom is 0.0326 e. The van der Waals surface area contributed by atoms with Crippen molar-refractivity contribution in [2.24, 2.45) is 0 Å². The Kier molecular flexibility index (Phi) is 3.25. The van der Waals surface area contributed by atoms with Crippen molar-refractivity contribution in [3.05, 3.63) is 57.8 Å². The third kappa shape index (κ3) is 2.43. The fraction of sp³-hybridized carbons (Fsp3) is 0.333. The zero-order valence-electron chi connectivity index (χ0n) is 9.86. The Labute approximate surface area is 106 Å². The molecule has 0 radical (unpaired) electrons. The molecule has 1 aliphatic rings. The van der Waals surface area contributed by atoms with E-state index in [0.29, 0.717) is 6.04 Å². The minimum atomic E-state index is 0.542. The van der Waals surface area contributed by atoms with E-state index in [1.54, 1.807) is 11.3 Å². The molecule has 1 heterocycles. The van der Waals surface area contributed by atoms with Gasteiger partial charge >= 0.3 is 0 Å². The zero-order valence-corrected chi connectivity index (χ0v) is 10.7. The second-order valence-electron chi connectivity index (χ2n) is 4.66. The summed E-state index contributed by atoms with van der Waals surface area (Å²) in [4.78, 5) is 0. The molecule has 1 nitrogen and oxygen atoms in total. The van der Waals surface area contributed by atoms with E-state index in [1.165, 1.54) is 36.0 Å². The van der Waals surface area contributed by atoms with Crippen molar-refractivity contribution >= 4 is 11.3 Å². The van der Waals surface area contributed by atoms with Crippen LogP contribution >= 0.6 is 11.3 Å². The number of benzene rings is 1. The molecule has 2 heteroatoms. The van der Waals surface area contributed by atoms with Gasteiger partial charge < -0.3 is 5.32 Å². The van der Waals surface area contributed by atoms with Gasteiger partial charge in [-0.1, -0.05) is 24.3 Å². The quantitative estimate of drug-likeness (QED) is 0.861. The van der Waals surface area contributed by atoms with Crippen LogP contribution in [0.1, 0.15) is 35.6 Å². The molecule has 17 heavy (non-hydrogen) atoms. The molecule has 0 bridgehead atoms. The highest BCUT2D eigenvalue weighted by atomic mass is 32.1. The number of hydrogen-bond acceptors (Lipinski definition) is 2. The largest absolute Gasteiger partial charge is 0.306 e. The van der Waals surface area contributed by atoms with Crippen LogP contribution in [-0.2, 0) is 13.0 Å². The molecule has 0 spiro atoms. The molecule has 88 valence electrons. The van der Waals surface area contributed by atoms with Gasteiger partial charge in [-0.25, -0.2) is 0 Å². The molecule has 0 saturated carbocycles. The Morgan fingerprint density at radius 1 is 1.24 bits per heavy atom. The van der Waals surface area contributed by atoms with E-state index < -0.39 is 0 Å². The van der Waals surface area contributed by atoms with Gasteiger partial charge in [0.15, 0.2) is 0 Å². The Balaban J connectivity index is 1.72. The Morgan fingerprint density at radius 2 is 2.18 bits per heavy atom. The molecule has 1 aromatic heterocycles. The van der Waals surface area contributed by atoms with Crippen molar-refractivity contribution in [3.8, 4) is 0 Å². The average molecular weight is 243 g/mol. The number of thiophene rings is 1. The fourth-order valence-electron chi connectivity index (χ4n) is 2.60. The third-order valence-corrected chi connectivity index (χ3v) is 4.23. The van der Waals surface area contributed by atoms with Crippen molar-refractivity contribution in [3.63, 3.8) is 0 Å². The summed E-state index contributed by atoms with van der Waals surface area (Å²) in [5.74, 6) is 0. The van der Waals surface area contributed by atoms with E-state index in [2.05, 4.69) is 46.4 Å². The molecule has 1 atom stereocenters. The number of hydrogen-bond donors (Lipinski definition) is 1. The minimum Gasteiger partial charge on any atom is -0.306 e. The molecule has 0 fully saturated rings. The van der Waals surface area contributed by atoms with E-state index in [4.69, 9.17) is 0 Å². The first-order chi connectivity index (χ1) is 8.43. The van der Waals surface area contributed by atoms with E-state index in [9.17, 15) is 0 Å². The van der Waals surface area contributed by atoms with Crippen LogP contribution in [-0.4, -0.2) is 0 Å². The smallest absolute Gasteiger partial charge is 0.0326 e. The molecular formula is C15H17NS. The van der Waals surface area contributed by atoms with Crippen LogP contribution in [0.5, 0.6) is 0 Å². The lowest BCUT2D eigenvalue weighted by Crippen LogP contribution is -2.24. The first-order valence-electron chi connectivity index (χ1n) is 6.26.